The second kappa shape index (κ2) is 12.4. The molecular weight excluding hydrogens is 543 g/mol. The van der Waals surface area contributed by atoms with Crippen LogP contribution in [0.1, 0.15) is 30.9 Å². The van der Waals surface area contributed by atoms with Crippen LogP contribution in [0.25, 0.3) is 10.9 Å². The molecule has 0 spiro atoms. The molecule has 0 aliphatic carbocycles. The summed E-state index contributed by atoms with van der Waals surface area (Å²) < 4.78 is 27.5. The number of halogens is 2. The summed E-state index contributed by atoms with van der Waals surface area (Å²) in [5, 5.41) is 17.8. The van der Waals surface area contributed by atoms with Crippen molar-refractivity contribution in [2.24, 2.45) is 0 Å². The first-order valence-corrected chi connectivity index (χ1v) is 17.1. The van der Waals surface area contributed by atoms with Gasteiger partial charge in [0, 0.05) is 37.3 Å². The normalized spacial score (nSPS) is 16.7. The molecule has 0 radical (unpaired) electrons. The van der Waals surface area contributed by atoms with E-state index in [-0.39, 0.29) is 5.02 Å². The van der Waals surface area contributed by atoms with Crippen molar-refractivity contribution < 1.29 is 28.6 Å². The number of fused-ring (bicyclic) bond motifs is 1. The molecule has 4 rings (SSSR count). The fourth-order valence-corrected chi connectivity index (χ4v) is 5.66. The quantitative estimate of drug-likeness (QED) is 0.211. The topological polar surface area (TPSA) is 106 Å². The highest BCUT2D eigenvalue weighted by atomic mass is 35.5. The number of aromatic nitrogens is 2. The summed E-state index contributed by atoms with van der Waals surface area (Å²) in [7, 11) is -1.18. The van der Waals surface area contributed by atoms with Crippen LogP contribution in [0.4, 0.5) is 19.7 Å². The van der Waals surface area contributed by atoms with Crippen molar-refractivity contribution in [3.63, 3.8) is 0 Å². The molecular formula is C27H34ClFN4O5Si. The second-order valence-corrected chi connectivity index (χ2v) is 17.0. The van der Waals surface area contributed by atoms with Gasteiger partial charge in [-0.1, -0.05) is 31.2 Å². The predicted molar refractivity (Wildman–Crippen MR) is 150 cm³/mol. The van der Waals surface area contributed by atoms with Crippen LogP contribution in [-0.2, 0) is 16.2 Å². The van der Waals surface area contributed by atoms with E-state index >= 15 is 0 Å². The first-order valence-electron chi connectivity index (χ1n) is 13.0. The minimum absolute atomic E-state index is 0.128. The Kier molecular flexibility index (Phi) is 9.14. The summed E-state index contributed by atoms with van der Waals surface area (Å²) in [6.45, 7) is 8.21. The monoisotopic (exact) mass is 576 g/mol. The third kappa shape index (κ3) is 7.71. The molecule has 12 heteroatoms. The number of carbonyl (C=O) groups excluding carboxylic acids is 1. The molecule has 1 aliphatic heterocycles. The van der Waals surface area contributed by atoms with Crippen molar-refractivity contribution in [3.8, 4) is 0 Å². The van der Waals surface area contributed by atoms with Gasteiger partial charge in [-0.05, 0) is 67.3 Å². The number of ether oxygens (including phenoxy) is 2. The van der Waals surface area contributed by atoms with Gasteiger partial charge in [0.25, 0.3) is 0 Å². The van der Waals surface area contributed by atoms with Crippen molar-refractivity contribution in [3.05, 3.63) is 59.0 Å². The minimum atomic E-state index is -1.18. The molecule has 1 unspecified atom stereocenters. The lowest BCUT2D eigenvalue weighted by molar-refractivity contribution is 0.0177. The number of carboxylic acid groups (broad SMARTS) is 1. The Bertz CT molecular complexity index is 1310. The van der Waals surface area contributed by atoms with Gasteiger partial charge in [0.1, 0.15) is 18.7 Å². The van der Waals surface area contributed by atoms with Gasteiger partial charge in [-0.3, -0.25) is 5.32 Å². The van der Waals surface area contributed by atoms with Crippen LogP contribution < -0.4 is 5.32 Å². The number of amides is 2. The highest BCUT2D eigenvalue weighted by Gasteiger charge is 2.37. The number of piperidine rings is 1. The van der Waals surface area contributed by atoms with Crippen molar-refractivity contribution in [1.29, 1.82) is 0 Å². The van der Waals surface area contributed by atoms with Crippen molar-refractivity contribution in [2.75, 3.05) is 18.5 Å². The first-order chi connectivity index (χ1) is 18.5. The molecule has 3 aromatic rings. The lowest BCUT2D eigenvalue weighted by atomic mass is 9.93. The lowest BCUT2D eigenvalue weighted by Gasteiger charge is -2.38. The number of benzene rings is 2. The van der Waals surface area contributed by atoms with E-state index in [4.69, 9.17) is 21.1 Å². The maximum Gasteiger partial charge on any atom is 0.412 e. The van der Waals surface area contributed by atoms with Crippen LogP contribution in [0.15, 0.2) is 42.6 Å². The summed E-state index contributed by atoms with van der Waals surface area (Å²) in [6.07, 6.45) is 0.640. The zero-order valence-corrected chi connectivity index (χ0v) is 24.1. The average molecular weight is 577 g/mol. The zero-order valence-electron chi connectivity index (χ0n) is 22.3. The molecule has 210 valence electrons. The Morgan fingerprint density at radius 1 is 1.23 bits per heavy atom. The number of nitrogens with zero attached hydrogens (tertiary/aromatic N) is 3. The van der Waals surface area contributed by atoms with E-state index in [2.05, 4.69) is 30.1 Å². The molecule has 2 amide bonds. The summed E-state index contributed by atoms with van der Waals surface area (Å²) in [4.78, 5) is 26.2. The number of rotatable bonds is 9. The van der Waals surface area contributed by atoms with Crippen LogP contribution in [-0.4, -0.2) is 59.2 Å². The molecule has 0 saturated carbocycles. The zero-order chi connectivity index (χ0) is 28.2. The van der Waals surface area contributed by atoms with E-state index in [1.54, 1.807) is 23.0 Å². The van der Waals surface area contributed by atoms with Crippen molar-refractivity contribution in [2.45, 2.75) is 63.8 Å². The Balaban J connectivity index is 1.48. The summed E-state index contributed by atoms with van der Waals surface area (Å²) in [5.41, 5.74) is 1.62. The van der Waals surface area contributed by atoms with Gasteiger partial charge in [0.05, 0.1) is 17.8 Å². The smallest absolute Gasteiger partial charge is 0.412 e. The molecule has 1 aliphatic rings. The van der Waals surface area contributed by atoms with Crippen LogP contribution >= 0.6 is 11.6 Å². The third-order valence-corrected chi connectivity index (χ3v) is 8.61. The number of likely N-dealkylation sites (tertiary alicyclic amines) is 1. The predicted octanol–water partition coefficient (Wildman–Crippen LogP) is 6.96. The fourth-order valence-electron chi connectivity index (χ4n) is 4.68. The molecule has 2 aromatic carbocycles. The molecule has 0 bridgehead atoms. The molecule has 1 saturated heterocycles. The fraction of sp³-hybridized carbons (Fsp3) is 0.444. The standard InChI is InChI=1S/C27H34ClFN4O5Si/c1-39(2,3)11-10-37-17-33-23-8-7-22(14-19(23)16-30-33)31-26(34)38-25(18-12-20(28)15-21(29)13-18)24-6-4-5-9-32(24)27(35)36/h7-8,12-16,24-25H,4-6,9-11,17H2,1-3H3,(H,31,34)(H,35,36)/t24-,25?/m0/s1. The molecule has 9 nitrogen and oxygen atoms in total. The van der Waals surface area contributed by atoms with Gasteiger partial charge in [-0.2, -0.15) is 5.10 Å². The van der Waals surface area contributed by atoms with Gasteiger partial charge >= 0.3 is 12.2 Å². The third-order valence-electron chi connectivity index (χ3n) is 6.69. The highest BCUT2D eigenvalue weighted by Crippen LogP contribution is 2.34. The molecule has 1 aromatic heterocycles. The summed E-state index contributed by atoms with van der Waals surface area (Å²) in [5.74, 6) is -0.601. The summed E-state index contributed by atoms with van der Waals surface area (Å²) in [6, 6.07) is 9.55. The largest absolute Gasteiger partial charge is 0.465 e. The minimum Gasteiger partial charge on any atom is -0.465 e. The number of anilines is 1. The van der Waals surface area contributed by atoms with E-state index in [1.807, 2.05) is 6.07 Å². The van der Waals surface area contributed by atoms with Crippen molar-refractivity contribution in [1.82, 2.24) is 14.7 Å². The molecule has 1 fully saturated rings. The van der Waals surface area contributed by atoms with E-state index in [1.165, 1.54) is 17.0 Å². The Morgan fingerprint density at radius 3 is 2.74 bits per heavy atom. The molecule has 2 heterocycles. The Morgan fingerprint density at radius 2 is 2.03 bits per heavy atom. The Labute approximate surface area is 232 Å². The molecule has 39 heavy (non-hydrogen) atoms. The lowest BCUT2D eigenvalue weighted by Crippen LogP contribution is -2.47. The summed E-state index contributed by atoms with van der Waals surface area (Å²) >= 11 is 6.07. The maximum atomic E-state index is 14.2. The van der Waals surface area contributed by atoms with Crippen LogP contribution in [0.3, 0.4) is 0 Å². The Hall–Kier alpha value is -3.15. The molecule has 2 atom stereocenters. The van der Waals surface area contributed by atoms with E-state index in [0.717, 1.165) is 29.4 Å². The van der Waals surface area contributed by atoms with Gasteiger partial charge in [-0.15, -0.1) is 0 Å². The number of hydrogen-bond acceptors (Lipinski definition) is 5. The van der Waals surface area contributed by atoms with Crippen LogP contribution in [0, 0.1) is 5.82 Å². The van der Waals surface area contributed by atoms with Gasteiger partial charge in [0.2, 0.25) is 0 Å². The SMILES string of the molecule is C[Si](C)(C)CCOCn1ncc2cc(NC(=O)OC(c3cc(F)cc(Cl)c3)[C@@H]3CCCCN3C(=O)O)ccc21. The van der Waals surface area contributed by atoms with Crippen LogP contribution in [0.2, 0.25) is 30.7 Å². The van der Waals surface area contributed by atoms with Gasteiger partial charge in [0.15, 0.2) is 0 Å². The first kappa shape index (κ1) is 28.8. The van der Waals surface area contributed by atoms with E-state index in [0.29, 0.717) is 44.0 Å². The van der Waals surface area contributed by atoms with E-state index < -0.39 is 38.2 Å². The van der Waals surface area contributed by atoms with Gasteiger partial charge < -0.3 is 19.5 Å². The number of hydrogen-bond donors (Lipinski definition) is 2. The van der Waals surface area contributed by atoms with Gasteiger partial charge in [-0.25, -0.2) is 18.7 Å². The van der Waals surface area contributed by atoms with Crippen LogP contribution in [0.5, 0.6) is 0 Å². The number of nitrogens with one attached hydrogen (secondary N) is 1. The molecule has 2 N–H and O–H groups in total. The second-order valence-electron chi connectivity index (χ2n) is 11.0. The van der Waals surface area contributed by atoms with E-state index in [9.17, 15) is 19.1 Å². The van der Waals surface area contributed by atoms with Crippen molar-refractivity contribution >= 4 is 48.5 Å². The number of carbonyl (C=O) groups is 2. The average Bonchev–Trinajstić information content (AvgIpc) is 3.26. The maximum absolute atomic E-state index is 14.2. The highest BCUT2D eigenvalue weighted by molar-refractivity contribution is 6.76.